The lowest BCUT2D eigenvalue weighted by Gasteiger charge is -2.36. The second kappa shape index (κ2) is 7.16. The molecule has 0 atom stereocenters. The van der Waals surface area contributed by atoms with Gasteiger partial charge in [-0.25, -0.2) is 9.97 Å². The summed E-state index contributed by atoms with van der Waals surface area (Å²) in [6.07, 6.45) is 12.4. The third kappa shape index (κ3) is 3.57. The number of aromatic nitrogens is 2. The summed E-state index contributed by atoms with van der Waals surface area (Å²) in [7, 11) is 0. The molecule has 2 rings (SSSR count). The van der Waals surface area contributed by atoms with Gasteiger partial charge in [0.2, 0.25) is 0 Å². The number of nitrogens with two attached hydrogens (primary N) is 1. The van der Waals surface area contributed by atoms with Crippen LogP contribution in [0.15, 0.2) is 6.33 Å². The summed E-state index contributed by atoms with van der Waals surface area (Å²) in [5.41, 5.74) is 7.06. The molecule has 0 aliphatic heterocycles. The second-order valence-electron chi connectivity index (χ2n) is 5.64. The summed E-state index contributed by atoms with van der Waals surface area (Å²) >= 11 is 2.00. The average molecular weight is 294 g/mol. The maximum Gasteiger partial charge on any atom is 0.134 e. The van der Waals surface area contributed by atoms with E-state index in [1.165, 1.54) is 32.1 Å². The zero-order valence-corrected chi connectivity index (χ0v) is 13.4. The van der Waals surface area contributed by atoms with Crippen LogP contribution < -0.4 is 11.1 Å². The highest BCUT2D eigenvalue weighted by molar-refractivity contribution is 8.00. The fraction of sp³-hybridized carbons (Fsp3) is 0.733. The lowest BCUT2D eigenvalue weighted by atomic mass is 9.88. The summed E-state index contributed by atoms with van der Waals surface area (Å²) in [5, 5.41) is 3.55. The van der Waals surface area contributed by atoms with Gasteiger partial charge in [-0.1, -0.05) is 32.6 Å². The van der Waals surface area contributed by atoms with Crippen molar-refractivity contribution in [2.45, 2.75) is 56.6 Å². The number of nitrogens with one attached hydrogen (secondary N) is 1. The maximum atomic E-state index is 5.99. The molecule has 0 amide bonds. The zero-order valence-electron chi connectivity index (χ0n) is 12.6. The Labute approximate surface area is 126 Å². The number of hydrogen-bond donors (Lipinski definition) is 2. The van der Waals surface area contributed by atoms with Crippen molar-refractivity contribution in [2.24, 2.45) is 0 Å². The molecule has 1 saturated carbocycles. The second-order valence-corrected chi connectivity index (χ2v) is 6.91. The predicted octanol–water partition coefficient (Wildman–Crippen LogP) is 3.49. The van der Waals surface area contributed by atoms with Gasteiger partial charge in [0.1, 0.15) is 18.0 Å². The van der Waals surface area contributed by atoms with Crippen LogP contribution in [0, 0.1) is 0 Å². The van der Waals surface area contributed by atoms with Crippen molar-refractivity contribution in [3.63, 3.8) is 0 Å². The minimum atomic E-state index is 0.363. The number of thioether (sulfide) groups is 1. The van der Waals surface area contributed by atoms with Gasteiger partial charge in [-0.2, -0.15) is 11.8 Å². The van der Waals surface area contributed by atoms with Gasteiger partial charge in [0.25, 0.3) is 0 Å². The number of nitrogens with zero attached hydrogens (tertiary/aromatic N) is 2. The van der Waals surface area contributed by atoms with Crippen molar-refractivity contribution >= 4 is 23.4 Å². The monoisotopic (exact) mass is 294 g/mol. The van der Waals surface area contributed by atoms with Crippen molar-refractivity contribution in [3.8, 4) is 0 Å². The molecule has 0 radical (unpaired) electrons. The first-order chi connectivity index (χ1) is 9.71. The Morgan fingerprint density at radius 1 is 1.30 bits per heavy atom. The number of anilines is 2. The minimum absolute atomic E-state index is 0.363. The highest BCUT2D eigenvalue weighted by Gasteiger charge is 2.31. The van der Waals surface area contributed by atoms with E-state index in [0.717, 1.165) is 30.8 Å². The first-order valence-corrected chi connectivity index (χ1v) is 8.81. The minimum Gasteiger partial charge on any atom is -0.383 e. The molecular formula is C15H26N4S. The standard InChI is InChI=1S/C15H26N4S/c1-3-7-12-13(16)18-11-19-14(12)17-10-15(20-2)8-5-4-6-9-15/h11H,3-10H2,1-2H3,(H3,16,17,18,19). The lowest BCUT2D eigenvalue weighted by Crippen LogP contribution is -2.36. The normalized spacial score (nSPS) is 17.9. The smallest absolute Gasteiger partial charge is 0.134 e. The lowest BCUT2D eigenvalue weighted by molar-refractivity contribution is 0.411. The van der Waals surface area contributed by atoms with E-state index in [-0.39, 0.29) is 0 Å². The Balaban J connectivity index is 2.07. The third-order valence-corrected chi connectivity index (χ3v) is 5.67. The third-order valence-electron chi connectivity index (χ3n) is 4.25. The molecule has 0 saturated heterocycles. The van der Waals surface area contributed by atoms with E-state index in [4.69, 9.17) is 5.73 Å². The van der Waals surface area contributed by atoms with Crippen LogP contribution in [0.3, 0.4) is 0 Å². The van der Waals surface area contributed by atoms with Crippen molar-refractivity contribution < 1.29 is 0 Å². The maximum absolute atomic E-state index is 5.99. The van der Waals surface area contributed by atoms with Crippen LogP contribution in [0.2, 0.25) is 0 Å². The van der Waals surface area contributed by atoms with Gasteiger partial charge in [-0.15, -0.1) is 0 Å². The fourth-order valence-electron chi connectivity index (χ4n) is 2.97. The molecule has 1 aliphatic carbocycles. The molecule has 4 nitrogen and oxygen atoms in total. The predicted molar refractivity (Wildman–Crippen MR) is 88.3 cm³/mol. The Hall–Kier alpha value is -0.970. The average Bonchev–Trinajstić information content (AvgIpc) is 2.49. The van der Waals surface area contributed by atoms with Crippen molar-refractivity contribution in [1.82, 2.24) is 9.97 Å². The Bertz CT molecular complexity index is 430. The van der Waals surface area contributed by atoms with E-state index in [2.05, 4.69) is 28.5 Å². The van der Waals surface area contributed by atoms with Gasteiger partial charge in [-0.3, -0.25) is 0 Å². The molecule has 0 spiro atoms. The molecule has 1 heterocycles. The number of nitrogen functional groups attached to an aromatic ring is 1. The van der Waals surface area contributed by atoms with Crippen LogP contribution in [0.25, 0.3) is 0 Å². The van der Waals surface area contributed by atoms with Crippen LogP contribution in [-0.4, -0.2) is 27.5 Å². The summed E-state index contributed by atoms with van der Waals surface area (Å²) in [6.45, 7) is 3.13. The molecule has 112 valence electrons. The summed E-state index contributed by atoms with van der Waals surface area (Å²) in [6, 6.07) is 0. The van der Waals surface area contributed by atoms with Gasteiger partial charge >= 0.3 is 0 Å². The molecular weight excluding hydrogens is 268 g/mol. The van der Waals surface area contributed by atoms with Gasteiger partial charge < -0.3 is 11.1 Å². The molecule has 20 heavy (non-hydrogen) atoms. The molecule has 3 N–H and O–H groups in total. The van der Waals surface area contributed by atoms with E-state index in [1.54, 1.807) is 6.33 Å². The number of hydrogen-bond acceptors (Lipinski definition) is 5. The van der Waals surface area contributed by atoms with E-state index < -0.39 is 0 Å². The first-order valence-electron chi connectivity index (χ1n) is 7.59. The van der Waals surface area contributed by atoms with Gasteiger partial charge in [-0.05, 0) is 25.5 Å². The molecule has 1 aromatic heterocycles. The molecule has 0 bridgehead atoms. The van der Waals surface area contributed by atoms with E-state index in [1.807, 2.05) is 11.8 Å². The van der Waals surface area contributed by atoms with Crippen LogP contribution in [0.1, 0.15) is 51.0 Å². The Kier molecular flexibility index (Phi) is 5.52. The Morgan fingerprint density at radius 2 is 2.05 bits per heavy atom. The molecule has 0 unspecified atom stereocenters. The summed E-state index contributed by atoms with van der Waals surface area (Å²) < 4.78 is 0.363. The summed E-state index contributed by atoms with van der Waals surface area (Å²) in [5.74, 6) is 1.55. The zero-order chi connectivity index (χ0) is 14.4. The molecule has 1 aromatic rings. The van der Waals surface area contributed by atoms with E-state index in [9.17, 15) is 0 Å². The molecule has 1 aliphatic rings. The molecule has 5 heteroatoms. The quantitative estimate of drug-likeness (QED) is 0.841. The van der Waals surface area contributed by atoms with Gasteiger partial charge in [0, 0.05) is 16.9 Å². The van der Waals surface area contributed by atoms with Crippen LogP contribution in [0.5, 0.6) is 0 Å². The van der Waals surface area contributed by atoms with Crippen LogP contribution in [-0.2, 0) is 6.42 Å². The SMILES string of the molecule is CCCc1c(N)ncnc1NCC1(SC)CCCCC1. The topological polar surface area (TPSA) is 63.8 Å². The van der Waals surface area contributed by atoms with Crippen LogP contribution >= 0.6 is 11.8 Å². The molecule has 0 aromatic carbocycles. The number of rotatable bonds is 6. The first kappa shape index (κ1) is 15.4. The largest absolute Gasteiger partial charge is 0.383 e. The van der Waals surface area contributed by atoms with Crippen molar-refractivity contribution in [3.05, 3.63) is 11.9 Å². The van der Waals surface area contributed by atoms with Crippen molar-refractivity contribution in [2.75, 3.05) is 23.9 Å². The molecule has 1 fully saturated rings. The van der Waals surface area contributed by atoms with Crippen LogP contribution in [0.4, 0.5) is 11.6 Å². The highest BCUT2D eigenvalue weighted by Crippen LogP contribution is 2.38. The van der Waals surface area contributed by atoms with E-state index >= 15 is 0 Å². The Morgan fingerprint density at radius 3 is 2.70 bits per heavy atom. The highest BCUT2D eigenvalue weighted by atomic mass is 32.2. The summed E-state index contributed by atoms with van der Waals surface area (Å²) in [4.78, 5) is 8.51. The van der Waals surface area contributed by atoms with E-state index in [0.29, 0.717) is 10.6 Å². The van der Waals surface area contributed by atoms with Crippen molar-refractivity contribution in [1.29, 1.82) is 0 Å². The van der Waals surface area contributed by atoms with Gasteiger partial charge in [0.15, 0.2) is 0 Å². The van der Waals surface area contributed by atoms with Gasteiger partial charge in [0.05, 0.1) is 0 Å². The fourth-order valence-corrected chi connectivity index (χ4v) is 3.88.